The van der Waals surface area contributed by atoms with E-state index in [1.165, 1.54) is 4.90 Å². The van der Waals surface area contributed by atoms with E-state index >= 15 is 0 Å². The third kappa shape index (κ3) is 3.75. The van der Waals surface area contributed by atoms with Gasteiger partial charge in [0.05, 0.1) is 24.0 Å². The summed E-state index contributed by atoms with van der Waals surface area (Å²) in [6.45, 7) is 6.58. The lowest BCUT2D eigenvalue weighted by molar-refractivity contribution is -0.142. The minimum atomic E-state index is -0.465. The van der Waals surface area contributed by atoms with Gasteiger partial charge in [-0.1, -0.05) is 13.8 Å². The van der Waals surface area contributed by atoms with E-state index in [1.54, 1.807) is 0 Å². The molecule has 0 aromatic rings. The fraction of sp³-hybridized carbons (Fsp3) is 0.833. The number of halogens is 1. The predicted octanol–water partition coefficient (Wildman–Crippen LogP) is 0.840. The van der Waals surface area contributed by atoms with Crippen LogP contribution in [-0.2, 0) is 19.1 Å². The first-order valence-corrected chi connectivity index (χ1v) is 9.27. The molecule has 5 atom stereocenters. The van der Waals surface area contributed by atoms with Crippen molar-refractivity contribution >= 4 is 30.1 Å². The zero-order valence-corrected chi connectivity index (χ0v) is 16.5. The number of amides is 3. The van der Waals surface area contributed by atoms with Gasteiger partial charge in [-0.2, -0.15) is 0 Å². The van der Waals surface area contributed by atoms with E-state index in [2.05, 4.69) is 19.2 Å². The number of ether oxygens (including phenoxy) is 1. The number of nitrogens with two attached hydrogens (primary N) is 1. The summed E-state index contributed by atoms with van der Waals surface area (Å²) in [6.07, 6.45) is 2.36. The number of carbonyl (C=O) groups is 3. The van der Waals surface area contributed by atoms with Gasteiger partial charge < -0.3 is 15.8 Å². The summed E-state index contributed by atoms with van der Waals surface area (Å²) in [5.74, 6) is -0.762. The smallest absolute Gasteiger partial charge is 0.235 e. The number of hydrogen-bond acceptors (Lipinski definition) is 5. The average Bonchev–Trinajstić information content (AvgIpc) is 3.19. The van der Waals surface area contributed by atoms with Gasteiger partial charge in [0.1, 0.15) is 0 Å². The molecule has 0 aliphatic carbocycles. The van der Waals surface area contributed by atoms with Gasteiger partial charge in [-0.15, -0.1) is 12.4 Å². The molecule has 3 N–H and O–H groups in total. The molecule has 7 nitrogen and oxygen atoms in total. The van der Waals surface area contributed by atoms with Gasteiger partial charge in [0.25, 0.3) is 0 Å². The number of fused-ring (bicyclic) bond motifs is 5. The maximum Gasteiger partial charge on any atom is 0.235 e. The predicted molar refractivity (Wildman–Crippen MR) is 98.5 cm³/mol. The van der Waals surface area contributed by atoms with Crippen LogP contribution in [0.15, 0.2) is 0 Å². The van der Waals surface area contributed by atoms with Gasteiger partial charge in [0, 0.05) is 25.0 Å². The first kappa shape index (κ1) is 21.1. The molecule has 3 aliphatic heterocycles. The SMILES string of the molecule is CC(C)CC(C)(CN)NC(=O)CCN1C(=O)C2C3CCC(O3)C2C1=O.Cl. The molecule has 3 amide bonds. The fourth-order valence-corrected chi connectivity index (χ4v) is 4.69. The summed E-state index contributed by atoms with van der Waals surface area (Å²) in [5.41, 5.74) is 5.35. The first-order valence-electron chi connectivity index (χ1n) is 9.27. The molecule has 5 unspecified atom stereocenters. The second kappa shape index (κ2) is 7.82. The summed E-state index contributed by atoms with van der Waals surface area (Å²) in [5, 5.41) is 2.97. The zero-order chi connectivity index (χ0) is 18.4. The molecule has 0 saturated carbocycles. The molecule has 3 fully saturated rings. The molecule has 0 radical (unpaired) electrons. The van der Waals surface area contributed by atoms with Crippen molar-refractivity contribution in [1.82, 2.24) is 10.2 Å². The summed E-state index contributed by atoms with van der Waals surface area (Å²) in [6, 6.07) is 0. The second-order valence-corrected chi connectivity index (χ2v) is 8.33. The Bertz CT molecular complexity index is 557. The van der Waals surface area contributed by atoms with E-state index < -0.39 is 5.54 Å². The molecular weight excluding hydrogens is 358 g/mol. The third-order valence-corrected chi connectivity index (χ3v) is 5.69. The molecule has 0 spiro atoms. The normalized spacial score (nSPS) is 31.8. The Morgan fingerprint density at radius 2 is 1.81 bits per heavy atom. The van der Waals surface area contributed by atoms with Crippen LogP contribution >= 0.6 is 12.4 Å². The van der Waals surface area contributed by atoms with Gasteiger partial charge in [0.2, 0.25) is 17.7 Å². The highest BCUT2D eigenvalue weighted by Crippen LogP contribution is 2.48. The van der Waals surface area contributed by atoms with Gasteiger partial charge in [-0.3, -0.25) is 19.3 Å². The van der Waals surface area contributed by atoms with Crippen LogP contribution in [0.3, 0.4) is 0 Å². The van der Waals surface area contributed by atoms with E-state index in [9.17, 15) is 14.4 Å². The molecular formula is C18H30ClN3O4. The van der Waals surface area contributed by atoms with E-state index in [4.69, 9.17) is 10.5 Å². The number of likely N-dealkylation sites (tertiary alicyclic amines) is 1. The Morgan fingerprint density at radius 3 is 2.27 bits per heavy atom. The number of nitrogens with zero attached hydrogens (tertiary/aromatic N) is 1. The highest BCUT2D eigenvalue weighted by molar-refractivity contribution is 6.06. The van der Waals surface area contributed by atoms with Crippen molar-refractivity contribution < 1.29 is 19.1 Å². The standard InChI is InChI=1S/C18H29N3O4.ClH/c1-10(2)8-18(3,9-19)20-13(22)6-7-21-16(23)14-11-4-5-12(25-11)15(14)17(21)24;/h10-12,14-15H,4-9,19H2,1-3H3,(H,20,22);1H. The third-order valence-electron chi connectivity index (χ3n) is 5.69. The number of imide groups is 1. The second-order valence-electron chi connectivity index (χ2n) is 8.33. The lowest BCUT2D eigenvalue weighted by atomic mass is 9.81. The van der Waals surface area contributed by atoms with Gasteiger partial charge in [-0.05, 0) is 32.1 Å². The van der Waals surface area contributed by atoms with Crippen LogP contribution in [0.1, 0.15) is 46.5 Å². The van der Waals surface area contributed by atoms with Gasteiger partial charge >= 0.3 is 0 Å². The lowest BCUT2D eigenvalue weighted by Crippen LogP contribution is -2.52. The summed E-state index contributed by atoms with van der Waals surface area (Å²) in [4.78, 5) is 38.7. The van der Waals surface area contributed by atoms with Crippen LogP contribution in [0.25, 0.3) is 0 Å². The van der Waals surface area contributed by atoms with Crippen molar-refractivity contribution in [2.45, 2.75) is 64.2 Å². The summed E-state index contributed by atoms with van der Waals surface area (Å²) in [7, 11) is 0. The highest BCUT2D eigenvalue weighted by Gasteiger charge is 2.62. The molecule has 148 valence electrons. The monoisotopic (exact) mass is 387 g/mol. The summed E-state index contributed by atoms with van der Waals surface area (Å²) < 4.78 is 5.71. The Morgan fingerprint density at radius 1 is 1.27 bits per heavy atom. The van der Waals surface area contributed by atoms with Gasteiger partial charge in [-0.25, -0.2) is 0 Å². The maximum absolute atomic E-state index is 12.6. The number of hydrogen-bond donors (Lipinski definition) is 2. The molecule has 3 heterocycles. The zero-order valence-electron chi connectivity index (χ0n) is 15.7. The largest absolute Gasteiger partial charge is 0.373 e. The van der Waals surface area contributed by atoms with E-state index in [0.29, 0.717) is 12.5 Å². The Kier molecular flexibility index (Phi) is 6.36. The maximum atomic E-state index is 12.6. The van der Waals surface area contributed by atoms with Crippen molar-refractivity contribution in [3.8, 4) is 0 Å². The molecule has 0 aromatic carbocycles. The molecule has 26 heavy (non-hydrogen) atoms. The molecule has 3 rings (SSSR count). The number of carbonyl (C=O) groups excluding carboxylic acids is 3. The van der Waals surface area contributed by atoms with Crippen LogP contribution in [0, 0.1) is 17.8 Å². The Labute approximate surface area is 160 Å². The van der Waals surface area contributed by atoms with Crippen LogP contribution in [-0.4, -0.2) is 53.5 Å². The molecule has 2 bridgehead atoms. The van der Waals surface area contributed by atoms with Crippen LogP contribution in [0.2, 0.25) is 0 Å². The van der Waals surface area contributed by atoms with E-state index in [0.717, 1.165) is 19.3 Å². The van der Waals surface area contributed by atoms with E-state index in [1.807, 2.05) is 6.92 Å². The number of rotatable bonds is 7. The van der Waals surface area contributed by atoms with E-state index in [-0.39, 0.29) is 67.1 Å². The van der Waals surface area contributed by atoms with Crippen LogP contribution in [0.4, 0.5) is 0 Å². The Hall–Kier alpha value is -1.18. The minimum Gasteiger partial charge on any atom is -0.373 e. The molecule has 3 saturated heterocycles. The van der Waals surface area contributed by atoms with Gasteiger partial charge in [0.15, 0.2) is 0 Å². The highest BCUT2D eigenvalue weighted by atomic mass is 35.5. The van der Waals surface area contributed by atoms with Crippen LogP contribution < -0.4 is 11.1 Å². The van der Waals surface area contributed by atoms with Crippen molar-refractivity contribution in [2.75, 3.05) is 13.1 Å². The van der Waals surface area contributed by atoms with Crippen molar-refractivity contribution in [3.05, 3.63) is 0 Å². The Balaban J connectivity index is 0.00000243. The first-order chi connectivity index (χ1) is 11.8. The average molecular weight is 388 g/mol. The van der Waals surface area contributed by atoms with Crippen molar-refractivity contribution in [1.29, 1.82) is 0 Å². The molecule has 0 aromatic heterocycles. The van der Waals surface area contributed by atoms with Crippen molar-refractivity contribution in [3.63, 3.8) is 0 Å². The van der Waals surface area contributed by atoms with Crippen molar-refractivity contribution in [2.24, 2.45) is 23.5 Å². The molecule has 8 heteroatoms. The minimum absolute atomic E-state index is 0. The van der Waals surface area contributed by atoms with Crippen LogP contribution in [0.5, 0.6) is 0 Å². The molecule has 3 aliphatic rings. The topological polar surface area (TPSA) is 102 Å². The quantitative estimate of drug-likeness (QED) is 0.630. The number of nitrogens with one attached hydrogen (secondary N) is 1. The summed E-state index contributed by atoms with van der Waals surface area (Å²) >= 11 is 0. The fourth-order valence-electron chi connectivity index (χ4n) is 4.69. The lowest BCUT2D eigenvalue weighted by Gasteiger charge is -2.31.